The lowest BCUT2D eigenvalue weighted by atomic mass is 9.92. The van der Waals surface area contributed by atoms with E-state index in [-0.39, 0.29) is 5.92 Å². The summed E-state index contributed by atoms with van der Waals surface area (Å²) in [6.45, 7) is 0. The van der Waals surface area contributed by atoms with Gasteiger partial charge in [-0.25, -0.2) is 0 Å². The molecule has 0 unspecified atom stereocenters. The van der Waals surface area contributed by atoms with Gasteiger partial charge in [0, 0.05) is 43.9 Å². The molecule has 0 spiro atoms. The van der Waals surface area contributed by atoms with Gasteiger partial charge < -0.3 is 9.97 Å². The topological polar surface area (TPSA) is 31.6 Å². The van der Waals surface area contributed by atoms with E-state index >= 15 is 0 Å². The molecule has 3 rings (SSSR count). The molecule has 0 aliphatic rings. The van der Waals surface area contributed by atoms with Gasteiger partial charge in [0.05, 0.1) is 5.92 Å². The minimum Gasteiger partial charge on any atom is -0.364 e. The van der Waals surface area contributed by atoms with E-state index in [0.29, 0.717) is 10.0 Å². The van der Waals surface area contributed by atoms with Crippen LogP contribution >= 0.6 is 39.1 Å². The van der Waals surface area contributed by atoms with E-state index in [2.05, 4.69) is 25.9 Å². The van der Waals surface area contributed by atoms with Gasteiger partial charge in [-0.1, -0.05) is 39.1 Å². The highest BCUT2D eigenvalue weighted by atomic mass is 79.9. The first-order chi connectivity index (χ1) is 9.66. The van der Waals surface area contributed by atoms with Crippen LogP contribution in [0.5, 0.6) is 0 Å². The maximum atomic E-state index is 6.42. The summed E-state index contributed by atoms with van der Waals surface area (Å²) in [4.78, 5) is 6.49. The summed E-state index contributed by atoms with van der Waals surface area (Å²) in [6, 6.07) is 11.7. The molecule has 2 nitrogen and oxygen atoms in total. The van der Waals surface area contributed by atoms with Crippen molar-refractivity contribution in [1.29, 1.82) is 0 Å². The molecule has 102 valence electrons. The van der Waals surface area contributed by atoms with Crippen LogP contribution in [-0.4, -0.2) is 9.97 Å². The van der Waals surface area contributed by atoms with Crippen LogP contribution in [0.4, 0.5) is 0 Å². The van der Waals surface area contributed by atoms with Gasteiger partial charge in [0.2, 0.25) is 0 Å². The molecule has 20 heavy (non-hydrogen) atoms. The average Bonchev–Trinajstić information content (AvgIpc) is 3.07. The minimum atomic E-state index is -0.0481. The van der Waals surface area contributed by atoms with Crippen molar-refractivity contribution in [2.45, 2.75) is 5.92 Å². The fourth-order valence-corrected chi connectivity index (χ4v) is 3.78. The molecular formula is C15H11BrCl2N2. The highest BCUT2D eigenvalue weighted by Gasteiger charge is 2.24. The normalized spacial score (nSPS) is 11.2. The SMILES string of the molecule is Clc1cc(Br)cc(Cl)c1C(c1ccc[nH]1)c1ccc[nH]1. The fourth-order valence-electron chi connectivity index (χ4n) is 2.36. The van der Waals surface area contributed by atoms with Gasteiger partial charge in [-0.05, 0) is 36.4 Å². The molecule has 0 atom stereocenters. The van der Waals surface area contributed by atoms with Crippen LogP contribution in [0, 0.1) is 0 Å². The summed E-state index contributed by atoms with van der Waals surface area (Å²) in [5, 5.41) is 1.28. The van der Waals surface area contributed by atoms with Crippen molar-refractivity contribution in [3.63, 3.8) is 0 Å². The Labute approximate surface area is 135 Å². The number of nitrogens with one attached hydrogen (secondary N) is 2. The molecule has 0 aliphatic carbocycles. The van der Waals surface area contributed by atoms with Crippen LogP contribution in [0.25, 0.3) is 0 Å². The second-order valence-electron chi connectivity index (χ2n) is 4.47. The van der Waals surface area contributed by atoms with Crippen molar-refractivity contribution < 1.29 is 0 Å². The van der Waals surface area contributed by atoms with Gasteiger partial charge in [-0.3, -0.25) is 0 Å². The third kappa shape index (κ3) is 2.53. The van der Waals surface area contributed by atoms with E-state index in [1.165, 1.54) is 0 Å². The summed E-state index contributed by atoms with van der Waals surface area (Å²) < 4.78 is 0.868. The monoisotopic (exact) mass is 368 g/mol. The van der Waals surface area contributed by atoms with Crippen LogP contribution < -0.4 is 0 Å². The fraction of sp³-hybridized carbons (Fsp3) is 0.0667. The Morgan fingerprint density at radius 3 is 1.80 bits per heavy atom. The van der Waals surface area contributed by atoms with Gasteiger partial charge in [-0.2, -0.15) is 0 Å². The van der Waals surface area contributed by atoms with Crippen molar-refractivity contribution in [1.82, 2.24) is 9.97 Å². The lowest BCUT2D eigenvalue weighted by Crippen LogP contribution is -2.06. The molecule has 0 amide bonds. The summed E-state index contributed by atoms with van der Waals surface area (Å²) in [5.41, 5.74) is 2.97. The van der Waals surface area contributed by atoms with Gasteiger partial charge in [0.1, 0.15) is 0 Å². The van der Waals surface area contributed by atoms with E-state index in [0.717, 1.165) is 21.4 Å². The molecule has 5 heteroatoms. The van der Waals surface area contributed by atoms with Crippen molar-refractivity contribution >= 4 is 39.1 Å². The Hall–Kier alpha value is -1.16. The molecule has 0 saturated carbocycles. The zero-order valence-corrected chi connectivity index (χ0v) is 13.4. The van der Waals surface area contributed by atoms with Crippen LogP contribution in [0.2, 0.25) is 10.0 Å². The number of hydrogen-bond acceptors (Lipinski definition) is 0. The number of halogens is 3. The maximum absolute atomic E-state index is 6.42. The first-order valence-electron chi connectivity index (χ1n) is 6.08. The molecule has 2 heterocycles. The molecule has 0 saturated heterocycles. The Kier molecular flexibility index (Phi) is 3.92. The van der Waals surface area contributed by atoms with Gasteiger partial charge in [0.15, 0.2) is 0 Å². The van der Waals surface area contributed by atoms with Crippen LogP contribution in [0.3, 0.4) is 0 Å². The van der Waals surface area contributed by atoms with Crippen LogP contribution in [0.15, 0.2) is 53.3 Å². The summed E-state index contributed by atoms with van der Waals surface area (Å²) in [6.07, 6.45) is 3.79. The third-order valence-corrected chi connectivity index (χ3v) is 4.28. The lowest BCUT2D eigenvalue weighted by Gasteiger charge is -2.18. The first kappa shape index (κ1) is 13.8. The van der Waals surface area contributed by atoms with E-state index in [1.807, 2.05) is 48.8 Å². The first-order valence-corrected chi connectivity index (χ1v) is 7.62. The Balaban J connectivity index is 2.21. The van der Waals surface area contributed by atoms with Crippen LogP contribution in [0.1, 0.15) is 22.9 Å². The Morgan fingerprint density at radius 2 is 1.40 bits per heavy atom. The summed E-state index contributed by atoms with van der Waals surface area (Å²) in [7, 11) is 0. The second kappa shape index (κ2) is 5.68. The zero-order valence-electron chi connectivity index (χ0n) is 10.3. The second-order valence-corrected chi connectivity index (χ2v) is 6.20. The highest BCUT2D eigenvalue weighted by molar-refractivity contribution is 9.10. The van der Waals surface area contributed by atoms with Crippen molar-refractivity contribution in [3.8, 4) is 0 Å². The Bertz CT molecular complexity index is 648. The van der Waals surface area contributed by atoms with E-state index in [1.54, 1.807) is 0 Å². The van der Waals surface area contributed by atoms with E-state index in [9.17, 15) is 0 Å². The zero-order chi connectivity index (χ0) is 14.1. The number of hydrogen-bond donors (Lipinski definition) is 2. The summed E-state index contributed by atoms with van der Waals surface area (Å²) >= 11 is 16.3. The molecule has 0 fully saturated rings. The molecule has 2 aromatic heterocycles. The smallest absolute Gasteiger partial charge is 0.0670 e. The standard InChI is InChI=1S/C15H11BrCl2N2/c16-9-7-10(17)14(11(18)8-9)15(12-3-1-5-19-12)13-4-2-6-20-13/h1-8,15,19-20H. The van der Waals surface area contributed by atoms with E-state index in [4.69, 9.17) is 23.2 Å². The predicted molar refractivity (Wildman–Crippen MR) is 86.7 cm³/mol. The van der Waals surface area contributed by atoms with Gasteiger partial charge in [0.25, 0.3) is 0 Å². The van der Waals surface area contributed by atoms with Crippen LogP contribution in [-0.2, 0) is 0 Å². The molecule has 0 aliphatic heterocycles. The van der Waals surface area contributed by atoms with Gasteiger partial charge in [-0.15, -0.1) is 0 Å². The molecule has 2 N–H and O–H groups in total. The van der Waals surface area contributed by atoms with Crippen molar-refractivity contribution in [2.75, 3.05) is 0 Å². The largest absolute Gasteiger partial charge is 0.364 e. The molecule has 0 radical (unpaired) electrons. The molecule has 3 aromatic rings. The van der Waals surface area contributed by atoms with E-state index < -0.39 is 0 Å². The number of rotatable bonds is 3. The third-order valence-electron chi connectivity index (χ3n) is 3.20. The molecule has 0 bridgehead atoms. The highest BCUT2D eigenvalue weighted by Crippen LogP contribution is 2.40. The van der Waals surface area contributed by atoms with Crippen molar-refractivity contribution in [2.24, 2.45) is 0 Å². The minimum absolute atomic E-state index is 0.0481. The lowest BCUT2D eigenvalue weighted by molar-refractivity contribution is 0.898. The number of benzene rings is 1. The number of aromatic nitrogens is 2. The number of H-pyrrole nitrogens is 2. The maximum Gasteiger partial charge on any atom is 0.0670 e. The molecule has 1 aromatic carbocycles. The van der Waals surface area contributed by atoms with Crippen molar-refractivity contribution in [3.05, 3.63) is 80.3 Å². The van der Waals surface area contributed by atoms with Gasteiger partial charge >= 0.3 is 0 Å². The predicted octanol–water partition coefficient (Wildman–Crippen LogP) is 5.59. The average molecular weight is 370 g/mol. The summed E-state index contributed by atoms with van der Waals surface area (Å²) in [5.74, 6) is -0.0481. The number of aromatic amines is 2. The molecular weight excluding hydrogens is 359 g/mol. The Morgan fingerprint density at radius 1 is 0.900 bits per heavy atom. The quantitative estimate of drug-likeness (QED) is 0.602.